The van der Waals surface area contributed by atoms with Gasteiger partial charge >= 0.3 is 12.1 Å². The van der Waals surface area contributed by atoms with Crippen LogP contribution in [0.5, 0.6) is 0 Å². The number of carbonyl (C=O) groups is 2. The number of carbonyl (C=O) groups excluding carboxylic acids is 1. The summed E-state index contributed by atoms with van der Waals surface area (Å²) in [4.78, 5) is 21.2. The SMILES string of the molecule is CC(C)(C)OC(=O)NCCC([O])C(=O)O. The highest BCUT2D eigenvalue weighted by Crippen LogP contribution is 2.06. The Bertz CT molecular complexity index is 233. The van der Waals surface area contributed by atoms with Crippen molar-refractivity contribution in [3.8, 4) is 0 Å². The first-order valence-electron chi connectivity index (χ1n) is 4.58. The zero-order valence-electron chi connectivity index (χ0n) is 9.07. The van der Waals surface area contributed by atoms with Gasteiger partial charge in [-0.3, -0.25) is 0 Å². The van der Waals surface area contributed by atoms with E-state index in [-0.39, 0.29) is 13.0 Å². The number of hydrogen-bond donors (Lipinski definition) is 2. The molecule has 0 aromatic heterocycles. The molecule has 15 heavy (non-hydrogen) atoms. The molecular formula is C9H16NO5. The lowest BCUT2D eigenvalue weighted by molar-refractivity contribution is -0.150. The molecule has 0 aliphatic rings. The number of amides is 1. The van der Waals surface area contributed by atoms with Crippen LogP contribution in [-0.2, 0) is 14.6 Å². The van der Waals surface area contributed by atoms with Gasteiger partial charge in [0.2, 0.25) is 0 Å². The van der Waals surface area contributed by atoms with Crippen LogP contribution >= 0.6 is 0 Å². The second kappa shape index (κ2) is 5.55. The van der Waals surface area contributed by atoms with Crippen LogP contribution < -0.4 is 5.32 Å². The molecule has 0 bridgehead atoms. The van der Waals surface area contributed by atoms with Crippen molar-refractivity contribution in [1.82, 2.24) is 5.32 Å². The monoisotopic (exact) mass is 218 g/mol. The lowest BCUT2D eigenvalue weighted by Gasteiger charge is -2.19. The van der Waals surface area contributed by atoms with E-state index in [4.69, 9.17) is 9.84 Å². The summed E-state index contributed by atoms with van der Waals surface area (Å²) in [7, 11) is 0. The van der Waals surface area contributed by atoms with Crippen LogP contribution in [-0.4, -0.2) is 35.4 Å². The Kier molecular flexibility index (Phi) is 5.07. The Labute approximate surface area is 88.2 Å². The van der Waals surface area contributed by atoms with Gasteiger partial charge in [0.15, 0.2) is 6.10 Å². The minimum Gasteiger partial charge on any atom is -0.479 e. The number of aliphatic carboxylic acids is 1. The van der Waals surface area contributed by atoms with Crippen LogP contribution in [0.2, 0.25) is 0 Å². The van der Waals surface area contributed by atoms with Crippen LogP contribution in [0.15, 0.2) is 0 Å². The Morgan fingerprint density at radius 1 is 1.40 bits per heavy atom. The molecule has 6 nitrogen and oxygen atoms in total. The van der Waals surface area contributed by atoms with Gasteiger partial charge in [0.1, 0.15) is 5.60 Å². The smallest absolute Gasteiger partial charge is 0.407 e. The highest BCUT2D eigenvalue weighted by Gasteiger charge is 2.18. The summed E-state index contributed by atoms with van der Waals surface area (Å²) in [6.07, 6.45) is -2.52. The molecule has 0 heterocycles. The molecule has 1 radical (unpaired) electrons. The predicted molar refractivity (Wildman–Crippen MR) is 51.0 cm³/mol. The first-order valence-corrected chi connectivity index (χ1v) is 4.58. The van der Waals surface area contributed by atoms with Gasteiger partial charge in [0, 0.05) is 13.0 Å². The molecular weight excluding hydrogens is 202 g/mol. The summed E-state index contributed by atoms with van der Waals surface area (Å²) in [5.74, 6) is -1.42. The van der Waals surface area contributed by atoms with Gasteiger partial charge in [0.25, 0.3) is 0 Å². The maximum atomic E-state index is 11.0. The van der Waals surface area contributed by atoms with E-state index in [0.29, 0.717) is 0 Å². The molecule has 0 fully saturated rings. The summed E-state index contributed by atoms with van der Waals surface area (Å²) in [6.45, 7) is 5.12. The molecule has 1 unspecified atom stereocenters. The van der Waals surface area contributed by atoms with Gasteiger partial charge < -0.3 is 15.2 Å². The molecule has 0 saturated carbocycles. The van der Waals surface area contributed by atoms with E-state index >= 15 is 0 Å². The molecule has 0 saturated heterocycles. The van der Waals surface area contributed by atoms with Gasteiger partial charge in [0.05, 0.1) is 0 Å². The summed E-state index contributed by atoms with van der Waals surface area (Å²) in [6, 6.07) is 0. The van der Waals surface area contributed by atoms with E-state index in [1.165, 1.54) is 0 Å². The Hall–Kier alpha value is -1.30. The number of nitrogens with one attached hydrogen (secondary N) is 1. The van der Waals surface area contributed by atoms with Crippen molar-refractivity contribution < 1.29 is 24.5 Å². The average molecular weight is 218 g/mol. The number of ether oxygens (including phenoxy) is 1. The number of alkyl carbamates (subject to hydrolysis) is 1. The summed E-state index contributed by atoms with van der Waals surface area (Å²) < 4.78 is 4.88. The third-order valence-corrected chi connectivity index (χ3v) is 1.35. The molecule has 0 rings (SSSR count). The molecule has 87 valence electrons. The first-order chi connectivity index (χ1) is 6.72. The maximum Gasteiger partial charge on any atom is 0.407 e. The van der Waals surface area contributed by atoms with Crippen molar-refractivity contribution in [1.29, 1.82) is 0 Å². The number of hydrogen-bond acceptors (Lipinski definition) is 3. The molecule has 0 aromatic carbocycles. The van der Waals surface area contributed by atoms with Gasteiger partial charge in [-0.2, -0.15) is 0 Å². The Morgan fingerprint density at radius 2 is 1.93 bits per heavy atom. The van der Waals surface area contributed by atoms with Gasteiger partial charge in [-0.15, -0.1) is 0 Å². The number of carboxylic acid groups (broad SMARTS) is 1. The van der Waals surface area contributed by atoms with Crippen LogP contribution in [0, 0.1) is 0 Å². The predicted octanol–water partition coefficient (Wildman–Crippen LogP) is 0.785. The van der Waals surface area contributed by atoms with Gasteiger partial charge in [-0.1, -0.05) is 0 Å². The van der Waals surface area contributed by atoms with E-state index in [0.717, 1.165) is 0 Å². The normalized spacial score (nSPS) is 13.1. The van der Waals surface area contributed by atoms with Crippen molar-refractivity contribution in [3.05, 3.63) is 0 Å². The molecule has 1 amide bonds. The highest BCUT2D eigenvalue weighted by atomic mass is 16.6. The van der Waals surface area contributed by atoms with E-state index in [1.807, 2.05) is 0 Å². The van der Waals surface area contributed by atoms with E-state index < -0.39 is 23.8 Å². The standard InChI is InChI=1S/C9H16NO5/c1-9(2,3)15-8(14)10-5-4-6(11)7(12)13/h6H,4-5H2,1-3H3,(H,10,14)(H,12,13). The lowest BCUT2D eigenvalue weighted by atomic mass is 10.2. The van der Waals surface area contributed by atoms with Crippen molar-refractivity contribution >= 4 is 12.1 Å². The topological polar surface area (TPSA) is 95.5 Å². The first kappa shape index (κ1) is 13.7. The fourth-order valence-corrected chi connectivity index (χ4v) is 0.743. The molecule has 0 aliphatic heterocycles. The second-order valence-corrected chi connectivity index (χ2v) is 4.04. The number of carboxylic acids is 1. The third kappa shape index (κ3) is 7.75. The summed E-state index contributed by atoms with van der Waals surface area (Å²) >= 11 is 0. The van der Waals surface area contributed by atoms with Crippen molar-refractivity contribution in [3.63, 3.8) is 0 Å². The summed E-state index contributed by atoms with van der Waals surface area (Å²) in [5.41, 5.74) is -0.603. The van der Waals surface area contributed by atoms with E-state index in [2.05, 4.69) is 5.32 Å². The molecule has 6 heteroatoms. The Balaban J connectivity index is 3.69. The average Bonchev–Trinajstić information content (AvgIpc) is 2.00. The molecule has 0 aliphatic carbocycles. The van der Waals surface area contributed by atoms with E-state index in [9.17, 15) is 14.7 Å². The van der Waals surface area contributed by atoms with E-state index in [1.54, 1.807) is 20.8 Å². The van der Waals surface area contributed by atoms with Gasteiger partial charge in [-0.05, 0) is 20.8 Å². The van der Waals surface area contributed by atoms with Crippen LogP contribution in [0.25, 0.3) is 0 Å². The number of rotatable bonds is 4. The zero-order chi connectivity index (χ0) is 12.1. The minimum absolute atomic E-state index is 0.00458. The minimum atomic E-state index is -1.71. The highest BCUT2D eigenvalue weighted by molar-refractivity contribution is 5.72. The largest absolute Gasteiger partial charge is 0.479 e. The van der Waals surface area contributed by atoms with Crippen molar-refractivity contribution in [2.75, 3.05) is 6.54 Å². The molecule has 0 aromatic rings. The van der Waals surface area contributed by atoms with Crippen LogP contribution in [0.1, 0.15) is 27.2 Å². The lowest BCUT2D eigenvalue weighted by Crippen LogP contribution is -2.34. The third-order valence-electron chi connectivity index (χ3n) is 1.35. The Morgan fingerprint density at radius 3 is 2.33 bits per heavy atom. The van der Waals surface area contributed by atoms with Crippen molar-refractivity contribution in [2.24, 2.45) is 0 Å². The van der Waals surface area contributed by atoms with Crippen LogP contribution in [0.4, 0.5) is 4.79 Å². The van der Waals surface area contributed by atoms with Crippen LogP contribution in [0.3, 0.4) is 0 Å². The fourth-order valence-electron chi connectivity index (χ4n) is 0.743. The second-order valence-electron chi connectivity index (χ2n) is 4.04. The van der Waals surface area contributed by atoms with Gasteiger partial charge in [-0.25, -0.2) is 14.7 Å². The maximum absolute atomic E-state index is 11.0. The molecule has 1 atom stereocenters. The summed E-state index contributed by atoms with van der Waals surface area (Å²) in [5, 5.41) is 21.3. The van der Waals surface area contributed by atoms with Crippen molar-refractivity contribution in [2.45, 2.75) is 38.9 Å². The zero-order valence-corrected chi connectivity index (χ0v) is 9.07. The molecule has 0 spiro atoms. The quantitative estimate of drug-likeness (QED) is 0.729. The molecule has 2 N–H and O–H groups in total. The fraction of sp³-hybridized carbons (Fsp3) is 0.778.